The molecule has 1 aromatic carbocycles. The molecule has 4 heteroatoms. The molecule has 1 rings (SSSR count). The van der Waals surface area contributed by atoms with E-state index < -0.39 is 6.10 Å². The van der Waals surface area contributed by atoms with E-state index in [9.17, 15) is 4.79 Å². The monoisotopic (exact) mass is 258 g/mol. The van der Waals surface area contributed by atoms with Crippen LogP contribution >= 0.6 is 0 Å². The summed E-state index contributed by atoms with van der Waals surface area (Å²) < 4.78 is 5.41. The van der Waals surface area contributed by atoms with Crippen molar-refractivity contribution in [3.05, 3.63) is 42.0 Å². The minimum atomic E-state index is -0.519. The molecule has 19 heavy (non-hydrogen) atoms. The molecule has 100 valence electrons. The highest BCUT2D eigenvalue weighted by Gasteiger charge is 2.13. The first-order valence-corrected chi connectivity index (χ1v) is 6.10. The highest BCUT2D eigenvalue weighted by atomic mass is 16.5. The number of nitrogens with zero attached hydrogens (tertiary/aromatic N) is 1. The first kappa shape index (κ1) is 14.9. The van der Waals surface area contributed by atoms with Crippen molar-refractivity contribution in [1.29, 1.82) is 5.26 Å². The van der Waals surface area contributed by atoms with E-state index in [1.54, 1.807) is 31.2 Å². The molecule has 0 saturated heterocycles. The van der Waals surface area contributed by atoms with Crippen molar-refractivity contribution < 1.29 is 9.53 Å². The van der Waals surface area contributed by atoms with Gasteiger partial charge in [0, 0.05) is 5.69 Å². The Morgan fingerprint density at radius 3 is 2.63 bits per heavy atom. The minimum Gasteiger partial charge on any atom is -0.368 e. The molecule has 1 atom stereocenters. The predicted molar refractivity (Wildman–Crippen MR) is 74.6 cm³/mol. The Morgan fingerprint density at radius 2 is 2.11 bits per heavy atom. The number of rotatable bonds is 6. The van der Waals surface area contributed by atoms with Gasteiger partial charge in [-0.3, -0.25) is 4.79 Å². The fourth-order valence-corrected chi connectivity index (χ4v) is 1.36. The molecular weight excluding hydrogens is 240 g/mol. The number of hydrogen-bond acceptors (Lipinski definition) is 3. The zero-order valence-electron chi connectivity index (χ0n) is 11.3. The van der Waals surface area contributed by atoms with E-state index in [0.29, 0.717) is 17.9 Å². The summed E-state index contributed by atoms with van der Waals surface area (Å²) in [5, 5.41) is 11.4. The highest BCUT2D eigenvalue weighted by Crippen LogP contribution is 2.10. The maximum Gasteiger partial charge on any atom is 0.253 e. The normalized spacial score (nSPS) is 11.4. The average Bonchev–Trinajstić information content (AvgIpc) is 2.39. The molecule has 1 unspecified atom stereocenters. The van der Waals surface area contributed by atoms with E-state index in [2.05, 4.69) is 11.9 Å². The van der Waals surface area contributed by atoms with Crippen molar-refractivity contribution in [2.24, 2.45) is 0 Å². The fraction of sp³-hybridized carbons (Fsp3) is 0.333. The lowest BCUT2D eigenvalue weighted by Crippen LogP contribution is -2.28. The highest BCUT2D eigenvalue weighted by molar-refractivity contribution is 5.93. The number of amides is 1. The summed E-state index contributed by atoms with van der Waals surface area (Å²) in [5.74, 6) is -0.202. The van der Waals surface area contributed by atoms with Crippen molar-refractivity contribution in [2.75, 3.05) is 11.9 Å². The zero-order chi connectivity index (χ0) is 14.3. The molecule has 0 radical (unpaired) electrons. The number of nitriles is 1. The Bertz CT molecular complexity index is 486. The summed E-state index contributed by atoms with van der Waals surface area (Å²) in [6, 6.07) is 8.72. The molecule has 1 amide bonds. The van der Waals surface area contributed by atoms with Crippen LogP contribution in [0.15, 0.2) is 36.4 Å². The van der Waals surface area contributed by atoms with Gasteiger partial charge in [-0.25, -0.2) is 0 Å². The topological polar surface area (TPSA) is 62.1 Å². The Balaban J connectivity index is 2.44. The summed E-state index contributed by atoms with van der Waals surface area (Å²) in [6.45, 7) is 7.88. The maximum atomic E-state index is 11.8. The van der Waals surface area contributed by atoms with Crippen molar-refractivity contribution >= 4 is 11.6 Å². The van der Waals surface area contributed by atoms with Gasteiger partial charge < -0.3 is 10.1 Å². The van der Waals surface area contributed by atoms with E-state index in [1.165, 1.54) is 0 Å². The summed E-state index contributed by atoms with van der Waals surface area (Å²) in [7, 11) is 0. The first-order chi connectivity index (χ1) is 9.02. The Kier molecular flexibility index (Phi) is 5.77. The van der Waals surface area contributed by atoms with Crippen LogP contribution in [-0.4, -0.2) is 18.6 Å². The van der Waals surface area contributed by atoms with Crippen LogP contribution in [0.5, 0.6) is 0 Å². The lowest BCUT2D eigenvalue weighted by Gasteiger charge is -2.13. The third kappa shape index (κ3) is 5.36. The molecule has 0 bridgehead atoms. The lowest BCUT2D eigenvalue weighted by atomic mass is 10.2. The van der Waals surface area contributed by atoms with Crippen molar-refractivity contribution in [3.8, 4) is 6.07 Å². The average molecular weight is 258 g/mol. The number of ether oxygens (including phenoxy) is 1. The van der Waals surface area contributed by atoms with Gasteiger partial charge in [0.15, 0.2) is 0 Å². The molecule has 0 aromatic heterocycles. The van der Waals surface area contributed by atoms with Crippen molar-refractivity contribution in [1.82, 2.24) is 0 Å². The molecular formula is C15H18N2O2. The third-order valence-corrected chi connectivity index (χ3v) is 2.55. The van der Waals surface area contributed by atoms with Gasteiger partial charge in [-0.2, -0.15) is 5.26 Å². The summed E-state index contributed by atoms with van der Waals surface area (Å²) >= 11 is 0. The van der Waals surface area contributed by atoms with Crippen LogP contribution in [0.3, 0.4) is 0 Å². The van der Waals surface area contributed by atoms with E-state index in [-0.39, 0.29) is 5.91 Å². The van der Waals surface area contributed by atoms with Crippen LogP contribution < -0.4 is 5.32 Å². The molecule has 0 aliphatic heterocycles. The van der Waals surface area contributed by atoms with Gasteiger partial charge in [-0.1, -0.05) is 5.57 Å². The molecule has 1 aromatic rings. The van der Waals surface area contributed by atoms with Gasteiger partial charge >= 0.3 is 0 Å². The molecule has 0 fully saturated rings. The second-order valence-electron chi connectivity index (χ2n) is 4.40. The van der Waals surface area contributed by atoms with Crippen LogP contribution in [-0.2, 0) is 9.53 Å². The summed E-state index contributed by atoms with van der Waals surface area (Å²) in [5.41, 5.74) is 2.24. The van der Waals surface area contributed by atoms with Crippen LogP contribution in [0.4, 0.5) is 5.69 Å². The van der Waals surface area contributed by atoms with E-state index in [4.69, 9.17) is 10.00 Å². The predicted octanol–water partition coefficient (Wildman–Crippen LogP) is 2.87. The number of benzene rings is 1. The second-order valence-corrected chi connectivity index (χ2v) is 4.40. The summed E-state index contributed by atoms with van der Waals surface area (Å²) in [4.78, 5) is 11.8. The van der Waals surface area contributed by atoms with Crippen LogP contribution in [0.25, 0.3) is 0 Å². The van der Waals surface area contributed by atoms with Gasteiger partial charge in [-0.05, 0) is 44.5 Å². The van der Waals surface area contributed by atoms with Gasteiger partial charge in [-0.15, -0.1) is 6.58 Å². The van der Waals surface area contributed by atoms with Crippen molar-refractivity contribution in [2.45, 2.75) is 26.4 Å². The SMILES string of the molecule is C=C(C)CCOC(C)C(=O)Nc1ccc(C#N)cc1. The molecule has 0 saturated carbocycles. The smallest absolute Gasteiger partial charge is 0.253 e. The van der Waals surface area contributed by atoms with Gasteiger partial charge in [0.25, 0.3) is 5.91 Å². The molecule has 0 heterocycles. The van der Waals surface area contributed by atoms with Crippen LogP contribution in [0.2, 0.25) is 0 Å². The standard InChI is InChI=1S/C15H18N2O2/c1-11(2)8-9-19-12(3)15(18)17-14-6-4-13(10-16)5-7-14/h4-7,12H,1,8-9H2,2-3H3,(H,17,18). The van der Waals surface area contributed by atoms with Crippen LogP contribution in [0, 0.1) is 11.3 Å². The number of anilines is 1. The number of hydrogen-bond donors (Lipinski definition) is 1. The summed E-state index contributed by atoms with van der Waals surface area (Å²) in [6.07, 6.45) is 0.226. The number of carbonyl (C=O) groups excluding carboxylic acids is 1. The lowest BCUT2D eigenvalue weighted by molar-refractivity contribution is -0.126. The number of carbonyl (C=O) groups is 1. The van der Waals surface area contributed by atoms with Crippen molar-refractivity contribution in [3.63, 3.8) is 0 Å². The fourth-order valence-electron chi connectivity index (χ4n) is 1.36. The Morgan fingerprint density at radius 1 is 1.47 bits per heavy atom. The molecule has 0 spiro atoms. The third-order valence-electron chi connectivity index (χ3n) is 2.55. The largest absolute Gasteiger partial charge is 0.368 e. The van der Waals surface area contributed by atoms with E-state index >= 15 is 0 Å². The molecule has 0 aliphatic rings. The molecule has 0 aliphatic carbocycles. The van der Waals surface area contributed by atoms with Crippen LogP contribution in [0.1, 0.15) is 25.8 Å². The minimum absolute atomic E-state index is 0.202. The van der Waals surface area contributed by atoms with Gasteiger partial charge in [0.2, 0.25) is 0 Å². The maximum absolute atomic E-state index is 11.8. The van der Waals surface area contributed by atoms with Gasteiger partial charge in [0.1, 0.15) is 6.10 Å². The number of nitrogens with one attached hydrogen (secondary N) is 1. The molecule has 1 N–H and O–H groups in total. The Labute approximate surface area is 113 Å². The van der Waals surface area contributed by atoms with E-state index in [1.807, 2.05) is 13.0 Å². The zero-order valence-corrected chi connectivity index (χ0v) is 11.3. The Hall–Kier alpha value is -2.12. The molecule has 4 nitrogen and oxygen atoms in total. The quantitative estimate of drug-likeness (QED) is 0.798. The second kappa shape index (κ2) is 7.34. The van der Waals surface area contributed by atoms with Gasteiger partial charge in [0.05, 0.1) is 18.2 Å². The van der Waals surface area contributed by atoms with E-state index in [0.717, 1.165) is 12.0 Å². The first-order valence-electron chi connectivity index (χ1n) is 6.10.